The van der Waals surface area contributed by atoms with Gasteiger partial charge < -0.3 is 15.8 Å². The first-order chi connectivity index (χ1) is 7.80. The molecule has 0 bridgehead atoms. The highest BCUT2D eigenvalue weighted by molar-refractivity contribution is 5.37. The Kier molecular flexibility index (Phi) is 5.64. The number of methoxy groups -OCH3 is 1. The van der Waals surface area contributed by atoms with Gasteiger partial charge in [0.2, 0.25) is 0 Å². The van der Waals surface area contributed by atoms with E-state index in [0.717, 1.165) is 37.5 Å². The lowest BCUT2D eigenvalue weighted by molar-refractivity contribution is 0.413. The first kappa shape index (κ1) is 12.8. The van der Waals surface area contributed by atoms with Crippen LogP contribution in [-0.2, 0) is 0 Å². The molecule has 0 amide bonds. The summed E-state index contributed by atoms with van der Waals surface area (Å²) in [7, 11) is 1.64. The third-order valence-corrected chi connectivity index (χ3v) is 2.70. The molecular weight excluding hydrogens is 202 g/mol. The molecule has 1 atom stereocenters. The van der Waals surface area contributed by atoms with Gasteiger partial charge in [-0.25, -0.2) is 4.98 Å². The molecule has 0 aliphatic heterocycles. The lowest BCUT2D eigenvalue weighted by Gasteiger charge is -2.14. The van der Waals surface area contributed by atoms with E-state index in [0.29, 0.717) is 5.92 Å². The Labute approximate surface area is 97.2 Å². The Morgan fingerprint density at radius 2 is 2.31 bits per heavy atom. The number of pyridine rings is 1. The maximum atomic E-state index is 5.55. The SMILES string of the molecule is CCC(CCN)CNc1ccc(OC)cn1. The minimum atomic E-state index is 0.619. The second-order valence-corrected chi connectivity index (χ2v) is 3.82. The molecule has 1 unspecified atom stereocenters. The van der Waals surface area contributed by atoms with Crippen LogP contribution in [0.3, 0.4) is 0 Å². The van der Waals surface area contributed by atoms with E-state index in [2.05, 4.69) is 17.2 Å². The lowest BCUT2D eigenvalue weighted by Crippen LogP contribution is -2.17. The third kappa shape index (κ3) is 4.06. The van der Waals surface area contributed by atoms with Gasteiger partial charge in [-0.3, -0.25) is 0 Å². The maximum absolute atomic E-state index is 5.55. The average Bonchev–Trinajstić information content (AvgIpc) is 2.35. The van der Waals surface area contributed by atoms with E-state index in [9.17, 15) is 0 Å². The molecule has 0 aromatic carbocycles. The van der Waals surface area contributed by atoms with Gasteiger partial charge in [0.25, 0.3) is 0 Å². The molecule has 0 radical (unpaired) electrons. The number of nitrogens with two attached hydrogens (primary N) is 1. The van der Waals surface area contributed by atoms with Crippen molar-refractivity contribution in [1.29, 1.82) is 0 Å². The fourth-order valence-electron chi connectivity index (χ4n) is 1.54. The highest BCUT2D eigenvalue weighted by Crippen LogP contribution is 2.13. The summed E-state index contributed by atoms with van der Waals surface area (Å²) in [5.41, 5.74) is 5.55. The van der Waals surface area contributed by atoms with Crippen molar-refractivity contribution >= 4 is 5.82 Å². The first-order valence-electron chi connectivity index (χ1n) is 5.74. The predicted molar refractivity (Wildman–Crippen MR) is 66.7 cm³/mol. The zero-order valence-corrected chi connectivity index (χ0v) is 10.1. The van der Waals surface area contributed by atoms with E-state index in [4.69, 9.17) is 10.5 Å². The Morgan fingerprint density at radius 1 is 1.50 bits per heavy atom. The van der Waals surface area contributed by atoms with E-state index >= 15 is 0 Å². The number of hydrogen-bond donors (Lipinski definition) is 2. The largest absolute Gasteiger partial charge is 0.495 e. The molecular formula is C12H21N3O. The van der Waals surface area contributed by atoms with Crippen LogP contribution in [-0.4, -0.2) is 25.2 Å². The van der Waals surface area contributed by atoms with Gasteiger partial charge >= 0.3 is 0 Å². The molecule has 0 saturated heterocycles. The van der Waals surface area contributed by atoms with E-state index < -0.39 is 0 Å². The molecule has 4 nitrogen and oxygen atoms in total. The number of ether oxygens (including phenoxy) is 1. The van der Waals surface area contributed by atoms with Crippen molar-refractivity contribution in [3.63, 3.8) is 0 Å². The monoisotopic (exact) mass is 223 g/mol. The summed E-state index contributed by atoms with van der Waals surface area (Å²) in [6.45, 7) is 3.85. The fraction of sp³-hybridized carbons (Fsp3) is 0.583. The molecule has 4 heteroatoms. The molecule has 16 heavy (non-hydrogen) atoms. The van der Waals surface area contributed by atoms with Gasteiger partial charge in [-0.2, -0.15) is 0 Å². The summed E-state index contributed by atoms with van der Waals surface area (Å²) in [5.74, 6) is 2.28. The highest BCUT2D eigenvalue weighted by atomic mass is 16.5. The van der Waals surface area contributed by atoms with Crippen molar-refractivity contribution in [3.8, 4) is 5.75 Å². The number of hydrogen-bond acceptors (Lipinski definition) is 4. The molecule has 0 aliphatic rings. The van der Waals surface area contributed by atoms with Gasteiger partial charge in [0.15, 0.2) is 0 Å². The summed E-state index contributed by atoms with van der Waals surface area (Å²) in [6, 6.07) is 3.83. The predicted octanol–water partition coefficient (Wildman–Crippen LogP) is 1.88. The third-order valence-electron chi connectivity index (χ3n) is 2.70. The van der Waals surface area contributed by atoms with Gasteiger partial charge in [0, 0.05) is 6.54 Å². The summed E-state index contributed by atoms with van der Waals surface area (Å²) in [6.07, 6.45) is 3.91. The van der Waals surface area contributed by atoms with E-state index in [1.807, 2.05) is 12.1 Å². The maximum Gasteiger partial charge on any atom is 0.137 e. The molecule has 0 spiro atoms. The van der Waals surface area contributed by atoms with Crippen LogP contribution in [0.25, 0.3) is 0 Å². The van der Waals surface area contributed by atoms with Crippen LogP contribution < -0.4 is 15.8 Å². The van der Waals surface area contributed by atoms with E-state index in [-0.39, 0.29) is 0 Å². The Morgan fingerprint density at radius 3 is 2.81 bits per heavy atom. The Bertz CT molecular complexity index is 287. The van der Waals surface area contributed by atoms with Gasteiger partial charge in [-0.05, 0) is 31.0 Å². The second-order valence-electron chi connectivity index (χ2n) is 3.82. The lowest BCUT2D eigenvalue weighted by atomic mass is 10.0. The average molecular weight is 223 g/mol. The second kappa shape index (κ2) is 7.06. The zero-order valence-electron chi connectivity index (χ0n) is 10.1. The topological polar surface area (TPSA) is 60.2 Å². The number of anilines is 1. The van der Waals surface area contributed by atoms with Crippen LogP contribution in [0.1, 0.15) is 19.8 Å². The van der Waals surface area contributed by atoms with Crippen molar-refractivity contribution in [1.82, 2.24) is 4.98 Å². The molecule has 1 rings (SSSR count). The van der Waals surface area contributed by atoms with Crippen LogP contribution in [0.5, 0.6) is 5.75 Å². The van der Waals surface area contributed by atoms with Crippen LogP contribution in [0.4, 0.5) is 5.82 Å². The number of nitrogens with one attached hydrogen (secondary N) is 1. The summed E-state index contributed by atoms with van der Waals surface area (Å²) >= 11 is 0. The summed E-state index contributed by atoms with van der Waals surface area (Å²) in [5, 5.41) is 3.31. The molecule has 1 aromatic heterocycles. The molecule has 1 heterocycles. The Balaban J connectivity index is 2.40. The van der Waals surface area contributed by atoms with Crippen molar-refractivity contribution < 1.29 is 4.74 Å². The van der Waals surface area contributed by atoms with Gasteiger partial charge in [0.1, 0.15) is 11.6 Å². The molecule has 0 saturated carbocycles. The Hall–Kier alpha value is -1.29. The minimum Gasteiger partial charge on any atom is -0.495 e. The molecule has 1 aromatic rings. The van der Waals surface area contributed by atoms with Crippen molar-refractivity contribution in [2.75, 3.05) is 25.5 Å². The standard InChI is InChI=1S/C12H21N3O/c1-3-10(6-7-13)8-14-12-5-4-11(16-2)9-15-12/h4-5,9-10H,3,6-8,13H2,1-2H3,(H,14,15). The van der Waals surface area contributed by atoms with Crippen LogP contribution in [0, 0.1) is 5.92 Å². The van der Waals surface area contributed by atoms with Crippen molar-refractivity contribution in [2.45, 2.75) is 19.8 Å². The number of aromatic nitrogens is 1. The van der Waals surface area contributed by atoms with Gasteiger partial charge in [-0.1, -0.05) is 13.3 Å². The van der Waals surface area contributed by atoms with E-state index in [1.54, 1.807) is 13.3 Å². The summed E-state index contributed by atoms with van der Waals surface area (Å²) < 4.78 is 5.05. The van der Waals surface area contributed by atoms with Gasteiger partial charge in [0.05, 0.1) is 13.3 Å². The summed E-state index contributed by atoms with van der Waals surface area (Å²) in [4.78, 5) is 4.25. The quantitative estimate of drug-likeness (QED) is 0.741. The minimum absolute atomic E-state index is 0.619. The number of nitrogens with zero attached hydrogens (tertiary/aromatic N) is 1. The van der Waals surface area contributed by atoms with E-state index in [1.165, 1.54) is 0 Å². The van der Waals surface area contributed by atoms with Crippen LogP contribution >= 0.6 is 0 Å². The molecule has 0 fully saturated rings. The highest BCUT2D eigenvalue weighted by Gasteiger charge is 2.05. The first-order valence-corrected chi connectivity index (χ1v) is 5.74. The smallest absolute Gasteiger partial charge is 0.137 e. The number of rotatable bonds is 7. The zero-order chi connectivity index (χ0) is 11.8. The normalized spacial score (nSPS) is 12.2. The molecule has 3 N–H and O–H groups in total. The molecule has 0 aliphatic carbocycles. The van der Waals surface area contributed by atoms with Crippen molar-refractivity contribution in [3.05, 3.63) is 18.3 Å². The van der Waals surface area contributed by atoms with Crippen molar-refractivity contribution in [2.24, 2.45) is 11.7 Å². The van der Waals surface area contributed by atoms with Crippen LogP contribution in [0.15, 0.2) is 18.3 Å². The fourth-order valence-corrected chi connectivity index (χ4v) is 1.54. The molecule has 90 valence electrons. The van der Waals surface area contributed by atoms with Crippen LogP contribution in [0.2, 0.25) is 0 Å². The van der Waals surface area contributed by atoms with Gasteiger partial charge in [-0.15, -0.1) is 0 Å².